The number of halogens is 2. The van der Waals surface area contributed by atoms with Gasteiger partial charge in [0.25, 0.3) is 0 Å². The zero-order valence-electron chi connectivity index (χ0n) is 7.74. The second-order valence-corrected chi connectivity index (χ2v) is 4.96. The molecule has 4 heteroatoms. The number of aliphatic hydroxyl groups is 1. The molecule has 1 aromatic heterocycles. The molecule has 0 fully saturated rings. The van der Waals surface area contributed by atoms with Crippen molar-refractivity contribution in [1.82, 2.24) is 4.98 Å². The quantitative estimate of drug-likeness (QED) is 0.866. The van der Waals surface area contributed by atoms with Crippen LogP contribution in [0.1, 0.15) is 17.4 Å². The minimum atomic E-state index is -0.623. The minimum Gasteiger partial charge on any atom is -0.382 e. The van der Waals surface area contributed by atoms with Crippen LogP contribution in [0.15, 0.2) is 45.5 Å². The van der Waals surface area contributed by atoms with Crippen LogP contribution in [0.2, 0.25) is 0 Å². The van der Waals surface area contributed by atoms with Crippen LogP contribution in [-0.2, 0) is 0 Å². The largest absolute Gasteiger partial charge is 0.382 e. The fourth-order valence-electron chi connectivity index (χ4n) is 1.41. The van der Waals surface area contributed by atoms with Gasteiger partial charge in [-0.1, -0.05) is 37.9 Å². The van der Waals surface area contributed by atoms with E-state index in [2.05, 4.69) is 36.8 Å². The predicted molar refractivity (Wildman–Crippen MR) is 66.7 cm³/mol. The molecule has 0 saturated heterocycles. The van der Waals surface area contributed by atoms with Crippen molar-refractivity contribution >= 4 is 31.9 Å². The number of rotatable bonds is 2. The van der Waals surface area contributed by atoms with Gasteiger partial charge in [0.05, 0.1) is 0 Å². The molecule has 78 valence electrons. The lowest BCUT2D eigenvalue weighted by Crippen LogP contribution is -2.00. The Morgan fingerprint density at radius 2 is 2.00 bits per heavy atom. The molecule has 0 saturated carbocycles. The number of aromatic nitrogens is 1. The van der Waals surface area contributed by atoms with Crippen LogP contribution < -0.4 is 0 Å². The first-order valence-electron chi connectivity index (χ1n) is 4.45. The molecule has 1 heterocycles. The lowest BCUT2D eigenvalue weighted by Gasteiger charge is -2.11. The summed E-state index contributed by atoms with van der Waals surface area (Å²) in [6.07, 6.45) is 1.17. The molecule has 0 aliphatic rings. The maximum absolute atomic E-state index is 10.1. The minimum absolute atomic E-state index is 0.623. The molecule has 0 radical (unpaired) electrons. The van der Waals surface area contributed by atoms with E-state index < -0.39 is 6.10 Å². The molecule has 1 atom stereocenters. The van der Waals surface area contributed by atoms with Gasteiger partial charge in [0.15, 0.2) is 0 Å². The number of hydrogen-bond donors (Lipinski definition) is 2. The van der Waals surface area contributed by atoms with Gasteiger partial charge < -0.3 is 10.1 Å². The maximum atomic E-state index is 10.1. The molecule has 2 aromatic rings. The van der Waals surface area contributed by atoms with Crippen molar-refractivity contribution in [2.75, 3.05) is 0 Å². The van der Waals surface area contributed by atoms with Crippen molar-refractivity contribution in [1.29, 1.82) is 0 Å². The van der Waals surface area contributed by atoms with Gasteiger partial charge in [-0.15, -0.1) is 0 Å². The number of H-pyrrole nitrogens is 1. The smallest absolute Gasteiger partial charge is 0.120 e. The van der Waals surface area contributed by atoms with Crippen molar-refractivity contribution in [3.05, 3.63) is 56.7 Å². The van der Waals surface area contributed by atoms with Crippen molar-refractivity contribution < 1.29 is 5.11 Å². The first kappa shape index (κ1) is 10.9. The van der Waals surface area contributed by atoms with Crippen LogP contribution in [0.3, 0.4) is 0 Å². The molecular weight excluding hydrogens is 322 g/mol. The summed E-state index contributed by atoms with van der Waals surface area (Å²) in [6.45, 7) is 0. The third kappa shape index (κ3) is 2.33. The molecule has 0 aliphatic heterocycles. The monoisotopic (exact) mass is 329 g/mol. The molecule has 2 nitrogen and oxygen atoms in total. The Hall–Kier alpha value is -0.580. The van der Waals surface area contributed by atoms with Crippen LogP contribution in [0.4, 0.5) is 0 Å². The number of aromatic amines is 1. The van der Waals surface area contributed by atoms with E-state index in [0.717, 1.165) is 20.2 Å². The maximum Gasteiger partial charge on any atom is 0.120 e. The third-order valence-electron chi connectivity index (χ3n) is 2.17. The average Bonchev–Trinajstić information content (AvgIpc) is 2.69. The van der Waals surface area contributed by atoms with Gasteiger partial charge in [0.2, 0.25) is 0 Å². The fraction of sp³-hybridized carbons (Fsp3) is 0.0909. The molecule has 0 amide bonds. The Morgan fingerprint density at radius 1 is 1.20 bits per heavy atom. The normalized spacial score (nSPS) is 12.7. The van der Waals surface area contributed by atoms with Crippen LogP contribution >= 0.6 is 31.9 Å². The Labute approximate surface area is 105 Å². The average molecular weight is 331 g/mol. The fourth-order valence-corrected chi connectivity index (χ4v) is 2.67. The van der Waals surface area contributed by atoms with Gasteiger partial charge in [0.1, 0.15) is 6.10 Å². The van der Waals surface area contributed by atoms with Crippen molar-refractivity contribution in [2.24, 2.45) is 0 Å². The Bertz CT molecular complexity index is 454. The Kier molecular flexibility index (Phi) is 3.29. The SMILES string of the molecule is OC(c1ccc[nH]1)c1ccc(Br)cc1Br. The molecule has 0 aliphatic carbocycles. The number of aliphatic hydroxyl groups excluding tert-OH is 1. The molecule has 1 aromatic carbocycles. The van der Waals surface area contributed by atoms with Gasteiger partial charge in [0, 0.05) is 26.4 Å². The number of benzene rings is 1. The first-order chi connectivity index (χ1) is 7.18. The van der Waals surface area contributed by atoms with E-state index in [1.807, 2.05) is 30.3 Å². The predicted octanol–water partition coefficient (Wildman–Crippen LogP) is 3.62. The van der Waals surface area contributed by atoms with Crippen LogP contribution in [0.5, 0.6) is 0 Å². The highest BCUT2D eigenvalue weighted by molar-refractivity contribution is 9.11. The van der Waals surface area contributed by atoms with Gasteiger partial charge in [-0.2, -0.15) is 0 Å². The van der Waals surface area contributed by atoms with Gasteiger partial charge >= 0.3 is 0 Å². The second-order valence-electron chi connectivity index (χ2n) is 3.19. The highest BCUT2D eigenvalue weighted by Crippen LogP contribution is 2.29. The second kappa shape index (κ2) is 4.51. The van der Waals surface area contributed by atoms with E-state index >= 15 is 0 Å². The van der Waals surface area contributed by atoms with Crippen molar-refractivity contribution in [3.63, 3.8) is 0 Å². The van der Waals surface area contributed by atoms with E-state index in [0.29, 0.717) is 0 Å². The van der Waals surface area contributed by atoms with E-state index in [1.165, 1.54) is 0 Å². The summed E-state index contributed by atoms with van der Waals surface area (Å²) in [5.74, 6) is 0. The molecule has 0 bridgehead atoms. The molecule has 15 heavy (non-hydrogen) atoms. The topological polar surface area (TPSA) is 36.0 Å². The molecular formula is C11H9Br2NO. The lowest BCUT2D eigenvalue weighted by molar-refractivity contribution is 0.215. The van der Waals surface area contributed by atoms with Crippen molar-refractivity contribution in [3.8, 4) is 0 Å². The standard InChI is InChI=1S/C11H9Br2NO/c12-7-3-4-8(9(13)6-7)11(15)10-2-1-5-14-10/h1-6,11,14-15H. The number of nitrogens with one attached hydrogen (secondary N) is 1. The van der Waals surface area contributed by atoms with Gasteiger partial charge in [-0.25, -0.2) is 0 Å². The number of hydrogen-bond acceptors (Lipinski definition) is 1. The molecule has 0 spiro atoms. The summed E-state index contributed by atoms with van der Waals surface area (Å²) in [6, 6.07) is 9.44. The summed E-state index contributed by atoms with van der Waals surface area (Å²) in [4.78, 5) is 2.99. The summed E-state index contributed by atoms with van der Waals surface area (Å²) >= 11 is 6.80. The van der Waals surface area contributed by atoms with E-state index in [-0.39, 0.29) is 0 Å². The Morgan fingerprint density at radius 3 is 2.60 bits per heavy atom. The van der Waals surface area contributed by atoms with E-state index in [9.17, 15) is 5.11 Å². The molecule has 1 unspecified atom stereocenters. The van der Waals surface area contributed by atoms with E-state index in [4.69, 9.17) is 0 Å². The van der Waals surface area contributed by atoms with Gasteiger partial charge in [-0.05, 0) is 24.3 Å². The lowest BCUT2D eigenvalue weighted by atomic mass is 10.1. The van der Waals surface area contributed by atoms with Crippen LogP contribution in [-0.4, -0.2) is 10.1 Å². The highest BCUT2D eigenvalue weighted by atomic mass is 79.9. The third-order valence-corrected chi connectivity index (χ3v) is 3.35. The molecule has 2 N–H and O–H groups in total. The van der Waals surface area contributed by atoms with Crippen LogP contribution in [0.25, 0.3) is 0 Å². The zero-order chi connectivity index (χ0) is 10.8. The summed E-state index contributed by atoms with van der Waals surface area (Å²) < 4.78 is 1.87. The summed E-state index contributed by atoms with van der Waals surface area (Å²) in [5, 5.41) is 10.1. The summed E-state index contributed by atoms with van der Waals surface area (Å²) in [5.41, 5.74) is 1.64. The zero-order valence-corrected chi connectivity index (χ0v) is 10.9. The molecule has 2 rings (SSSR count). The van der Waals surface area contributed by atoms with Crippen molar-refractivity contribution in [2.45, 2.75) is 6.10 Å². The summed E-state index contributed by atoms with van der Waals surface area (Å²) in [7, 11) is 0. The Balaban J connectivity index is 2.38. The van der Waals surface area contributed by atoms with Gasteiger partial charge in [-0.3, -0.25) is 0 Å². The van der Waals surface area contributed by atoms with E-state index in [1.54, 1.807) is 6.20 Å². The van der Waals surface area contributed by atoms with Crippen LogP contribution in [0, 0.1) is 0 Å². The highest BCUT2D eigenvalue weighted by Gasteiger charge is 2.13. The first-order valence-corrected chi connectivity index (χ1v) is 6.03.